The Morgan fingerprint density at radius 1 is 1.26 bits per heavy atom. The van der Waals surface area contributed by atoms with Gasteiger partial charge in [-0.15, -0.1) is 0 Å². The van der Waals surface area contributed by atoms with Gasteiger partial charge >= 0.3 is 12.6 Å². The molecule has 0 spiro atoms. The topological polar surface area (TPSA) is 53.6 Å². The van der Waals surface area contributed by atoms with Gasteiger partial charge < -0.3 is 20.3 Å². The molecule has 0 aromatic heterocycles. The summed E-state index contributed by atoms with van der Waals surface area (Å²) in [5.41, 5.74) is 0.825. The highest BCUT2D eigenvalue weighted by atomic mass is 19.3. The van der Waals surface area contributed by atoms with Crippen molar-refractivity contribution in [1.29, 1.82) is 0 Å². The van der Waals surface area contributed by atoms with Gasteiger partial charge in [-0.3, -0.25) is 0 Å². The largest absolute Gasteiger partial charge is 0.435 e. The Morgan fingerprint density at radius 2 is 2.00 bits per heavy atom. The maximum absolute atomic E-state index is 12.2. The molecule has 0 radical (unpaired) electrons. The highest BCUT2D eigenvalue weighted by Gasteiger charge is 2.17. The lowest BCUT2D eigenvalue weighted by atomic mass is 10.0. The number of nitrogens with zero attached hydrogens (tertiary/aromatic N) is 1. The molecule has 1 fully saturated rings. The van der Waals surface area contributed by atoms with Gasteiger partial charge in [0.2, 0.25) is 0 Å². The van der Waals surface area contributed by atoms with Crippen molar-refractivity contribution in [3.63, 3.8) is 0 Å². The van der Waals surface area contributed by atoms with Gasteiger partial charge in [0.05, 0.1) is 6.04 Å². The third-order valence-corrected chi connectivity index (χ3v) is 5.05. The summed E-state index contributed by atoms with van der Waals surface area (Å²) in [6, 6.07) is 6.51. The second kappa shape index (κ2) is 11.1. The third kappa shape index (κ3) is 7.71. The first-order valence-corrected chi connectivity index (χ1v) is 9.79. The van der Waals surface area contributed by atoms with Crippen molar-refractivity contribution in [3.8, 4) is 5.75 Å². The van der Waals surface area contributed by atoms with Crippen LogP contribution in [0.2, 0.25) is 0 Å². The molecule has 2 rings (SSSR count). The van der Waals surface area contributed by atoms with Crippen LogP contribution < -0.4 is 15.4 Å². The number of carbonyl (C=O) groups excluding carboxylic acids is 1. The number of piperidine rings is 1. The number of hydrogen-bond acceptors (Lipinski definition) is 3. The van der Waals surface area contributed by atoms with Crippen molar-refractivity contribution in [2.24, 2.45) is 0 Å². The summed E-state index contributed by atoms with van der Waals surface area (Å²) in [5, 5.41) is 5.73. The van der Waals surface area contributed by atoms with E-state index in [1.54, 1.807) is 12.1 Å². The van der Waals surface area contributed by atoms with Gasteiger partial charge in [0.15, 0.2) is 0 Å². The molecule has 1 aliphatic heterocycles. The van der Waals surface area contributed by atoms with E-state index in [1.807, 2.05) is 6.92 Å². The van der Waals surface area contributed by atoms with E-state index in [0.717, 1.165) is 24.9 Å². The molecule has 1 heterocycles. The van der Waals surface area contributed by atoms with Crippen LogP contribution in [0.4, 0.5) is 13.6 Å². The molecule has 7 heteroatoms. The van der Waals surface area contributed by atoms with E-state index in [2.05, 4.69) is 27.2 Å². The molecule has 2 N–H and O–H groups in total. The molecule has 0 aliphatic carbocycles. The average Bonchev–Trinajstić information content (AvgIpc) is 2.63. The van der Waals surface area contributed by atoms with Crippen LogP contribution in [0.15, 0.2) is 24.3 Å². The van der Waals surface area contributed by atoms with Crippen LogP contribution in [0.1, 0.15) is 57.6 Å². The summed E-state index contributed by atoms with van der Waals surface area (Å²) in [5.74, 6) is 0.105. The van der Waals surface area contributed by atoms with E-state index in [4.69, 9.17) is 0 Å². The predicted octanol–water partition coefficient (Wildman–Crippen LogP) is 4.30. The quantitative estimate of drug-likeness (QED) is 0.625. The molecule has 1 aliphatic rings. The molecule has 0 saturated carbocycles. The third-order valence-electron chi connectivity index (χ3n) is 5.05. The summed E-state index contributed by atoms with van der Waals surface area (Å²) >= 11 is 0. The molecule has 0 bridgehead atoms. The Labute approximate surface area is 160 Å². The Morgan fingerprint density at radius 3 is 2.67 bits per heavy atom. The van der Waals surface area contributed by atoms with E-state index in [1.165, 1.54) is 37.9 Å². The maximum atomic E-state index is 12.2. The Hall–Kier alpha value is -1.89. The normalized spacial score (nSPS) is 18.9. The summed E-state index contributed by atoms with van der Waals surface area (Å²) in [7, 11) is 0. The Balaban J connectivity index is 1.61. The number of ether oxygens (including phenoxy) is 1. The van der Waals surface area contributed by atoms with Crippen LogP contribution >= 0.6 is 0 Å². The number of alkyl halides is 2. The Bertz CT molecular complexity index is 569. The van der Waals surface area contributed by atoms with Gasteiger partial charge in [-0.1, -0.05) is 18.6 Å². The van der Waals surface area contributed by atoms with Gasteiger partial charge in [-0.2, -0.15) is 8.78 Å². The van der Waals surface area contributed by atoms with E-state index in [-0.39, 0.29) is 17.8 Å². The van der Waals surface area contributed by atoms with Crippen molar-refractivity contribution in [3.05, 3.63) is 29.8 Å². The van der Waals surface area contributed by atoms with Gasteiger partial charge in [0.25, 0.3) is 0 Å². The lowest BCUT2D eigenvalue weighted by Crippen LogP contribution is -2.39. The van der Waals surface area contributed by atoms with Gasteiger partial charge in [0, 0.05) is 12.6 Å². The summed E-state index contributed by atoms with van der Waals surface area (Å²) in [4.78, 5) is 14.5. The first-order valence-electron chi connectivity index (χ1n) is 9.79. The minimum atomic E-state index is -2.84. The lowest BCUT2D eigenvalue weighted by molar-refractivity contribution is -0.0498. The minimum Gasteiger partial charge on any atom is -0.435 e. The number of urea groups is 1. The first kappa shape index (κ1) is 21.4. The summed E-state index contributed by atoms with van der Waals surface area (Å²) < 4.78 is 28.6. The van der Waals surface area contributed by atoms with Crippen LogP contribution in [0.25, 0.3) is 0 Å². The molecule has 2 amide bonds. The SMILES string of the molecule is CC(NC(=O)NCCCCN1CCCCC1C)c1ccc(OC(F)F)cc1. The zero-order valence-corrected chi connectivity index (χ0v) is 16.2. The van der Waals surface area contributed by atoms with Crippen LogP contribution in [-0.4, -0.2) is 43.2 Å². The Kier molecular flexibility index (Phi) is 8.78. The van der Waals surface area contributed by atoms with Crippen LogP contribution in [-0.2, 0) is 0 Å². The number of likely N-dealkylation sites (tertiary alicyclic amines) is 1. The van der Waals surface area contributed by atoms with E-state index in [0.29, 0.717) is 12.6 Å². The standard InChI is InChI=1S/C20H31F2N3O2/c1-15-7-3-5-13-25(15)14-6-4-12-23-20(26)24-16(2)17-8-10-18(11-9-17)27-19(21)22/h8-11,15-16,19H,3-7,12-14H2,1-2H3,(H2,23,24,26). The van der Waals surface area contributed by atoms with Gasteiger partial charge in [0.1, 0.15) is 5.75 Å². The van der Waals surface area contributed by atoms with E-state index in [9.17, 15) is 13.6 Å². The zero-order chi connectivity index (χ0) is 19.6. The number of hydrogen-bond donors (Lipinski definition) is 2. The predicted molar refractivity (Wildman–Crippen MR) is 102 cm³/mol. The summed E-state index contributed by atoms with van der Waals surface area (Å²) in [6.07, 6.45) is 5.93. The summed E-state index contributed by atoms with van der Waals surface area (Å²) in [6.45, 7) is 4.22. The fraction of sp³-hybridized carbons (Fsp3) is 0.650. The van der Waals surface area contributed by atoms with Crippen molar-refractivity contribution in [1.82, 2.24) is 15.5 Å². The smallest absolute Gasteiger partial charge is 0.387 e. The number of carbonyl (C=O) groups is 1. The molecule has 152 valence electrons. The molecule has 2 atom stereocenters. The maximum Gasteiger partial charge on any atom is 0.387 e. The van der Waals surface area contributed by atoms with Crippen molar-refractivity contribution in [2.75, 3.05) is 19.6 Å². The first-order chi connectivity index (χ1) is 13.0. The number of unbranched alkanes of at least 4 members (excludes halogenated alkanes) is 1. The van der Waals surface area contributed by atoms with E-state index >= 15 is 0 Å². The minimum absolute atomic E-state index is 0.105. The molecular weight excluding hydrogens is 352 g/mol. The number of halogens is 2. The molecule has 1 aromatic rings. The molecule has 2 unspecified atom stereocenters. The second-order valence-corrected chi connectivity index (χ2v) is 7.16. The van der Waals surface area contributed by atoms with Crippen LogP contribution in [0.3, 0.4) is 0 Å². The molecule has 5 nitrogen and oxygen atoms in total. The molecule has 27 heavy (non-hydrogen) atoms. The fourth-order valence-electron chi connectivity index (χ4n) is 3.40. The molecule has 1 saturated heterocycles. The average molecular weight is 383 g/mol. The van der Waals surface area contributed by atoms with Crippen molar-refractivity contribution >= 4 is 6.03 Å². The van der Waals surface area contributed by atoms with Crippen molar-refractivity contribution in [2.45, 2.75) is 64.6 Å². The monoisotopic (exact) mass is 383 g/mol. The molecular formula is C20H31F2N3O2. The van der Waals surface area contributed by atoms with Crippen LogP contribution in [0, 0.1) is 0 Å². The highest BCUT2D eigenvalue weighted by molar-refractivity contribution is 5.74. The number of benzene rings is 1. The van der Waals surface area contributed by atoms with E-state index < -0.39 is 6.61 Å². The molecule has 1 aromatic carbocycles. The van der Waals surface area contributed by atoms with Gasteiger partial charge in [-0.05, 0) is 70.3 Å². The van der Waals surface area contributed by atoms with Crippen molar-refractivity contribution < 1.29 is 18.3 Å². The lowest BCUT2D eigenvalue weighted by Gasteiger charge is -2.33. The number of rotatable bonds is 9. The number of amides is 2. The highest BCUT2D eigenvalue weighted by Crippen LogP contribution is 2.19. The fourth-order valence-corrected chi connectivity index (χ4v) is 3.40. The van der Waals surface area contributed by atoms with Gasteiger partial charge in [-0.25, -0.2) is 4.79 Å². The zero-order valence-electron chi connectivity index (χ0n) is 16.2. The second-order valence-electron chi connectivity index (χ2n) is 7.16. The van der Waals surface area contributed by atoms with Crippen LogP contribution in [0.5, 0.6) is 5.75 Å². The number of nitrogens with one attached hydrogen (secondary N) is 2.